The lowest BCUT2D eigenvalue weighted by molar-refractivity contribution is 0.415. The monoisotopic (exact) mass is 483 g/mol. The number of halogens is 2. The molecule has 1 heterocycles. The van der Waals surface area contributed by atoms with E-state index in [1.165, 1.54) is 0 Å². The summed E-state index contributed by atoms with van der Waals surface area (Å²) in [7, 11) is 1.66. The van der Waals surface area contributed by atoms with Crippen LogP contribution in [0.15, 0.2) is 91.2 Å². The van der Waals surface area contributed by atoms with Crippen LogP contribution in [-0.2, 0) is 0 Å². The van der Waals surface area contributed by atoms with E-state index in [1.54, 1.807) is 7.11 Å². The van der Waals surface area contributed by atoms with E-state index in [0.717, 1.165) is 48.0 Å². The van der Waals surface area contributed by atoms with Crippen LogP contribution in [0.25, 0.3) is 22.3 Å². The summed E-state index contributed by atoms with van der Waals surface area (Å²) in [6, 6.07) is 23.6. The summed E-state index contributed by atoms with van der Waals surface area (Å²) in [5.74, 6) is 1.56. The van der Waals surface area contributed by atoms with Gasteiger partial charge in [0.15, 0.2) is 0 Å². The molecule has 0 unspecified atom stereocenters. The molecule has 27 heavy (non-hydrogen) atoms. The van der Waals surface area contributed by atoms with Crippen molar-refractivity contribution in [3.63, 3.8) is 0 Å². The second-order valence-corrected chi connectivity index (χ2v) is 7.78. The van der Waals surface area contributed by atoms with Crippen molar-refractivity contribution < 1.29 is 9.15 Å². The number of ether oxygens (including phenoxy) is 1. The number of benzene rings is 3. The maximum absolute atomic E-state index is 6.14. The number of nitrogens with zero attached hydrogens (tertiary/aromatic N) is 1. The Morgan fingerprint density at radius 1 is 0.815 bits per heavy atom. The second kappa shape index (κ2) is 7.71. The van der Waals surface area contributed by atoms with E-state index < -0.39 is 0 Å². The standard InChI is InChI=1S/C22H15Br2NO2/c1-26-18-9-2-14(3-10-18)22-13-20(25-17-7-4-15(23)5-8-17)19-12-16(24)6-11-21(19)27-22/h2-13H,1H3. The zero-order valence-electron chi connectivity index (χ0n) is 14.4. The van der Waals surface area contributed by atoms with E-state index in [1.807, 2.05) is 72.8 Å². The van der Waals surface area contributed by atoms with Gasteiger partial charge in [-0.05, 0) is 66.7 Å². The van der Waals surface area contributed by atoms with Crippen molar-refractivity contribution in [1.82, 2.24) is 0 Å². The minimum Gasteiger partial charge on any atom is -0.497 e. The number of hydrogen-bond donors (Lipinski definition) is 0. The maximum atomic E-state index is 6.14. The summed E-state index contributed by atoms with van der Waals surface area (Å²) < 4.78 is 13.4. The minimum absolute atomic E-state index is 0.753. The lowest BCUT2D eigenvalue weighted by atomic mass is 10.1. The molecule has 4 rings (SSSR count). The molecule has 5 heteroatoms. The molecule has 3 aromatic carbocycles. The molecular formula is C22H15Br2NO2. The highest BCUT2D eigenvalue weighted by atomic mass is 79.9. The molecule has 0 saturated carbocycles. The molecule has 0 saturated heterocycles. The van der Waals surface area contributed by atoms with E-state index in [0.29, 0.717) is 0 Å². The van der Waals surface area contributed by atoms with Gasteiger partial charge in [-0.25, -0.2) is 4.99 Å². The Kier molecular flexibility index (Phi) is 5.14. The lowest BCUT2D eigenvalue weighted by Crippen LogP contribution is -2.03. The molecule has 0 amide bonds. The minimum atomic E-state index is 0.753. The van der Waals surface area contributed by atoms with Crippen molar-refractivity contribution >= 4 is 48.5 Å². The molecule has 0 atom stereocenters. The quantitative estimate of drug-likeness (QED) is 0.318. The molecule has 0 radical (unpaired) electrons. The van der Waals surface area contributed by atoms with Gasteiger partial charge in [0, 0.05) is 26.0 Å². The highest BCUT2D eigenvalue weighted by molar-refractivity contribution is 9.10. The van der Waals surface area contributed by atoms with Crippen molar-refractivity contribution in [1.29, 1.82) is 0 Å². The fourth-order valence-electron chi connectivity index (χ4n) is 2.79. The predicted molar refractivity (Wildman–Crippen MR) is 115 cm³/mol. The highest BCUT2D eigenvalue weighted by Crippen LogP contribution is 2.26. The van der Waals surface area contributed by atoms with Crippen LogP contribution in [0.5, 0.6) is 5.75 Å². The first-order valence-electron chi connectivity index (χ1n) is 8.30. The average molecular weight is 485 g/mol. The van der Waals surface area contributed by atoms with Gasteiger partial charge in [-0.15, -0.1) is 0 Å². The second-order valence-electron chi connectivity index (χ2n) is 5.95. The van der Waals surface area contributed by atoms with Gasteiger partial charge in [0.2, 0.25) is 0 Å². The molecule has 1 aromatic heterocycles. The SMILES string of the molecule is COc1ccc(-c2cc(=Nc3ccc(Br)cc3)c3cc(Br)ccc3o2)cc1. The van der Waals surface area contributed by atoms with Crippen molar-refractivity contribution in [3.8, 4) is 17.1 Å². The largest absolute Gasteiger partial charge is 0.497 e. The van der Waals surface area contributed by atoms with E-state index in [9.17, 15) is 0 Å². The van der Waals surface area contributed by atoms with Gasteiger partial charge in [0.05, 0.1) is 18.2 Å². The summed E-state index contributed by atoms with van der Waals surface area (Å²) in [5, 5.41) is 1.80. The van der Waals surface area contributed by atoms with Gasteiger partial charge in [-0.1, -0.05) is 31.9 Å². The number of rotatable bonds is 3. The molecule has 4 aromatic rings. The fourth-order valence-corrected chi connectivity index (χ4v) is 3.41. The summed E-state index contributed by atoms with van der Waals surface area (Å²) >= 11 is 7.00. The third-order valence-electron chi connectivity index (χ3n) is 4.16. The van der Waals surface area contributed by atoms with Crippen LogP contribution in [0.2, 0.25) is 0 Å². The van der Waals surface area contributed by atoms with Gasteiger partial charge < -0.3 is 9.15 Å². The Balaban J connectivity index is 1.94. The van der Waals surface area contributed by atoms with Crippen LogP contribution >= 0.6 is 31.9 Å². The predicted octanol–water partition coefficient (Wildman–Crippen LogP) is 6.87. The fraction of sp³-hybridized carbons (Fsp3) is 0.0455. The Morgan fingerprint density at radius 2 is 1.52 bits per heavy atom. The van der Waals surface area contributed by atoms with Gasteiger partial charge >= 0.3 is 0 Å². The van der Waals surface area contributed by atoms with Gasteiger partial charge in [-0.2, -0.15) is 0 Å². The number of hydrogen-bond acceptors (Lipinski definition) is 3. The Hall–Kier alpha value is -2.37. The Morgan fingerprint density at radius 3 is 2.22 bits per heavy atom. The molecule has 3 nitrogen and oxygen atoms in total. The molecule has 0 spiro atoms. The summed E-state index contributed by atoms with van der Waals surface area (Å²) in [6.07, 6.45) is 0. The summed E-state index contributed by atoms with van der Waals surface area (Å²) in [6.45, 7) is 0. The first-order valence-corrected chi connectivity index (χ1v) is 9.89. The number of fused-ring (bicyclic) bond motifs is 1. The van der Waals surface area contributed by atoms with Crippen LogP contribution in [0.3, 0.4) is 0 Å². The van der Waals surface area contributed by atoms with Gasteiger partial charge in [-0.3, -0.25) is 0 Å². The maximum Gasteiger partial charge on any atom is 0.136 e. The molecule has 0 aliphatic heterocycles. The topological polar surface area (TPSA) is 34.7 Å². The zero-order chi connectivity index (χ0) is 18.8. The average Bonchev–Trinajstić information content (AvgIpc) is 2.70. The number of methoxy groups -OCH3 is 1. The lowest BCUT2D eigenvalue weighted by Gasteiger charge is -2.07. The van der Waals surface area contributed by atoms with Crippen molar-refractivity contribution in [2.45, 2.75) is 0 Å². The smallest absolute Gasteiger partial charge is 0.136 e. The van der Waals surface area contributed by atoms with Crippen LogP contribution < -0.4 is 10.1 Å². The summed E-state index contributed by atoms with van der Waals surface area (Å²) in [4.78, 5) is 4.85. The highest BCUT2D eigenvalue weighted by Gasteiger charge is 2.07. The van der Waals surface area contributed by atoms with Crippen LogP contribution in [0, 0.1) is 0 Å². The molecule has 0 aliphatic rings. The van der Waals surface area contributed by atoms with E-state index >= 15 is 0 Å². The third-order valence-corrected chi connectivity index (χ3v) is 5.18. The Labute approximate surface area is 173 Å². The third kappa shape index (κ3) is 3.99. The van der Waals surface area contributed by atoms with Crippen LogP contribution in [-0.4, -0.2) is 7.11 Å². The molecule has 0 bridgehead atoms. The van der Waals surface area contributed by atoms with Crippen molar-refractivity contribution in [3.05, 3.63) is 87.1 Å². The Bertz CT molecular complexity index is 1160. The molecule has 134 valence electrons. The van der Waals surface area contributed by atoms with E-state index in [2.05, 4.69) is 31.9 Å². The van der Waals surface area contributed by atoms with E-state index in [4.69, 9.17) is 14.1 Å². The van der Waals surface area contributed by atoms with Crippen molar-refractivity contribution in [2.24, 2.45) is 4.99 Å². The van der Waals surface area contributed by atoms with E-state index in [-0.39, 0.29) is 0 Å². The van der Waals surface area contributed by atoms with Crippen LogP contribution in [0.1, 0.15) is 0 Å². The first-order chi connectivity index (χ1) is 13.1. The van der Waals surface area contributed by atoms with Gasteiger partial charge in [0.1, 0.15) is 17.1 Å². The molecule has 0 N–H and O–H groups in total. The van der Waals surface area contributed by atoms with Crippen LogP contribution in [0.4, 0.5) is 5.69 Å². The zero-order valence-corrected chi connectivity index (χ0v) is 17.6. The van der Waals surface area contributed by atoms with Gasteiger partial charge in [0.25, 0.3) is 0 Å². The first kappa shape index (κ1) is 18.0. The molecule has 0 aliphatic carbocycles. The molecule has 0 fully saturated rings. The molecular weight excluding hydrogens is 470 g/mol. The summed E-state index contributed by atoms with van der Waals surface area (Å²) in [5.41, 5.74) is 2.63. The van der Waals surface area contributed by atoms with Crippen molar-refractivity contribution in [2.75, 3.05) is 7.11 Å². The normalized spacial score (nSPS) is 11.7.